The quantitative estimate of drug-likeness (QED) is 0.0298. The second-order valence-electron chi connectivity index (χ2n) is 19.2. The van der Waals surface area contributed by atoms with Gasteiger partial charge in [0.1, 0.15) is 24.4 Å². The third-order valence-corrected chi connectivity index (χ3v) is 13.5. The van der Waals surface area contributed by atoms with Crippen molar-refractivity contribution in [3.63, 3.8) is 0 Å². The van der Waals surface area contributed by atoms with E-state index in [1.54, 1.807) is 0 Å². The van der Waals surface area contributed by atoms with Crippen molar-refractivity contribution >= 4 is 5.91 Å². The summed E-state index contributed by atoms with van der Waals surface area (Å²) in [6.45, 7) is 4.02. The summed E-state index contributed by atoms with van der Waals surface area (Å²) >= 11 is 0. The molecule has 8 atom stereocenters. The molecule has 0 aromatic heterocycles. The fraction of sp³-hybridized carbons (Fsp3) is 0.981. The van der Waals surface area contributed by atoms with Crippen LogP contribution in [0.2, 0.25) is 0 Å². The molecule has 1 aliphatic heterocycles. The predicted octanol–water partition coefficient (Wildman–Crippen LogP) is 11.7. The Balaban J connectivity index is 2.24. The summed E-state index contributed by atoms with van der Waals surface area (Å²) in [4.78, 5) is 13.1. The lowest BCUT2D eigenvalue weighted by atomic mass is 9.90. The number of rotatable bonds is 45. The van der Waals surface area contributed by atoms with E-state index in [1.807, 2.05) is 0 Å². The molecule has 0 aromatic rings. The molecule has 364 valence electrons. The minimum Gasteiger partial charge on any atom is -0.394 e. The van der Waals surface area contributed by atoms with Crippen LogP contribution in [-0.4, -0.2) is 91.9 Å². The van der Waals surface area contributed by atoms with Crippen LogP contribution in [0.1, 0.15) is 271 Å². The van der Waals surface area contributed by atoms with Crippen molar-refractivity contribution in [1.82, 2.24) is 5.32 Å². The molecule has 0 unspecified atom stereocenters. The number of nitrogens with one attached hydrogen (secondary N) is 1. The second kappa shape index (κ2) is 41.9. The van der Waals surface area contributed by atoms with Gasteiger partial charge in [-0.05, 0) is 25.7 Å². The Hall–Kier alpha value is -0.810. The summed E-state index contributed by atoms with van der Waals surface area (Å²) < 4.78 is 5.69. The number of hydrogen-bond donors (Lipinski definition) is 7. The number of aliphatic hydroxyl groups excluding tert-OH is 6. The monoisotopic (exact) mass is 870 g/mol. The summed E-state index contributed by atoms with van der Waals surface area (Å²) in [5.41, 5.74) is 0. The highest BCUT2D eigenvalue weighted by Gasteiger charge is 2.43. The Morgan fingerprint density at radius 1 is 0.459 bits per heavy atom. The van der Waals surface area contributed by atoms with Crippen LogP contribution in [-0.2, 0) is 9.53 Å². The minimum absolute atomic E-state index is 0.161. The molecular weight excluding hydrogens is 767 g/mol. The van der Waals surface area contributed by atoms with E-state index < -0.39 is 55.4 Å². The zero-order chi connectivity index (χ0) is 44.6. The number of unbranched alkanes of at least 4 members (excludes halogenated alkanes) is 34. The van der Waals surface area contributed by atoms with Gasteiger partial charge in [0, 0.05) is 6.42 Å². The molecule has 0 saturated carbocycles. The maximum absolute atomic E-state index is 13.1. The lowest BCUT2D eigenvalue weighted by molar-refractivity contribution is -0.231. The van der Waals surface area contributed by atoms with Crippen LogP contribution in [0.25, 0.3) is 0 Å². The molecule has 0 spiro atoms. The third kappa shape index (κ3) is 31.7. The number of aliphatic hydroxyl groups is 6. The number of ether oxygens (including phenoxy) is 1. The van der Waals surface area contributed by atoms with Crippen LogP contribution in [0.15, 0.2) is 0 Å². The molecule has 1 saturated heterocycles. The molecule has 0 radical (unpaired) electrons. The van der Waals surface area contributed by atoms with E-state index in [1.165, 1.54) is 193 Å². The van der Waals surface area contributed by atoms with Crippen molar-refractivity contribution in [2.45, 2.75) is 319 Å². The molecule has 0 aliphatic carbocycles. The van der Waals surface area contributed by atoms with Crippen LogP contribution in [0, 0.1) is 0 Å². The third-order valence-electron chi connectivity index (χ3n) is 13.5. The number of carbonyl (C=O) groups excluding carboxylic acids is 1. The fourth-order valence-electron chi connectivity index (χ4n) is 9.25. The SMILES string of the molecule is CCCCCCCCCCCCCCCCCCCCCCCCCCC(=O)N[C@@H](CC[C@H]1O[C@H](CO)[C@H](O)[C@H](O)[C@H]1O)[C@H](O)[C@H](O)CCCCCCCCCCCCCC. The van der Waals surface area contributed by atoms with Crippen molar-refractivity contribution in [2.24, 2.45) is 0 Å². The van der Waals surface area contributed by atoms with Crippen molar-refractivity contribution in [3.05, 3.63) is 0 Å². The molecule has 1 fully saturated rings. The molecule has 7 N–H and O–H groups in total. The number of hydrogen-bond acceptors (Lipinski definition) is 8. The first-order valence-electron chi connectivity index (χ1n) is 26.7. The van der Waals surface area contributed by atoms with Crippen LogP contribution in [0.5, 0.6) is 0 Å². The largest absolute Gasteiger partial charge is 0.394 e. The van der Waals surface area contributed by atoms with E-state index in [-0.39, 0.29) is 18.7 Å². The van der Waals surface area contributed by atoms with Crippen molar-refractivity contribution in [2.75, 3.05) is 6.61 Å². The van der Waals surface area contributed by atoms with Gasteiger partial charge < -0.3 is 40.7 Å². The Morgan fingerprint density at radius 2 is 0.787 bits per heavy atom. The van der Waals surface area contributed by atoms with E-state index in [4.69, 9.17) is 4.74 Å². The fourth-order valence-corrected chi connectivity index (χ4v) is 9.25. The van der Waals surface area contributed by atoms with E-state index >= 15 is 0 Å². The van der Waals surface area contributed by atoms with Gasteiger partial charge in [0.15, 0.2) is 0 Å². The average molecular weight is 870 g/mol. The first-order valence-corrected chi connectivity index (χ1v) is 26.7. The Bertz CT molecular complexity index is 939. The Labute approximate surface area is 376 Å². The molecule has 61 heavy (non-hydrogen) atoms. The van der Waals surface area contributed by atoms with Gasteiger partial charge in [0.2, 0.25) is 5.91 Å². The van der Waals surface area contributed by atoms with Crippen molar-refractivity contribution in [1.29, 1.82) is 0 Å². The molecule has 9 heteroatoms. The molecule has 9 nitrogen and oxygen atoms in total. The van der Waals surface area contributed by atoms with Crippen LogP contribution < -0.4 is 5.32 Å². The maximum atomic E-state index is 13.1. The highest BCUT2D eigenvalue weighted by Crippen LogP contribution is 2.26. The number of amides is 1. The highest BCUT2D eigenvalue weighted by atomic mass is 16.5. The lowest BCUT2D eigenvalue weighted by Crippen LogP contribution is -2.59. The maximum Gasteiger partial charge on any atom is 0.220 e. The van der Waals surface area contributed by atoms with Gasteiger partial charge in [-0.15, -0.1) is 0 Å². The second-order valence-corrected chi connectivity index (χ2v) is 19.2. The first-order chi connectivity index (χ1) is 29.8. The van der Waals surface area contributed by atoms with Gasteiger partial charge in [0.05, 0.1) is 31.0 Å². The minimum atomic E-state index is -1.48. The highest BCUT2D eigenvalue weighted by molar-refractivity contribution is 5.76. The first kappa shape index (κ1) is 58.2. The molecule has 1 aliphatic rings. The Morgan fingerprint density at radius 3 is 1.15 bits per heavy atom. The van der Waals surface area contributed by atoms with E-state index in [2.05, 4.69) is 19.2 Å². The molecular formula is C52H103NO8. The average Bonchev–Trinajstić information content (AvgIpc) is 3.26. The van der Waals surface area contributed by atoms with Crippen LogP contribution in [0.3, 0.4) is 0 Å². The van der Waals surface area contributed by atoms with Gasteiger partial charge in [-0.3, -0.25) is 4.79 Å². The van der Waals surface area contributed by atoms with Gasteiger partial charge in [-0.25, -0.2) is 0 Å². The van der Waals surface area contributed by atoms with E-state index in [9.17, 15) is 35.4 Å². The van der Waals surface area contributed by atoms with Gasteiger partial charge >= 0.3 is 0 Å². The number of carbonyl (C=O) groups is 1. The molecule has 0 bridgehead atoms. The lowest BCUT2D eigenvalue weighted by Gasteiger charge is -2.40. The van der Waals surface area contributed by atoms with Crippen LogP contribution >= 0.6 is 0 Å². The van der Waals surface area contributed by atoms with Crippen LogP contribution in [0.4, 0.5) is 0 Å². The summed E-state index contributed by atoms with van der Waals surface area (Å²) in [5, 5.41) is 65.9. The standard InChI is InChI=1S/C52H103NO8/c1-3-5-7-9-11-13-15-17-18-19-20-21-22-23-24-25-26-27-28-30-32-34-36-38-40-48(56)53-44(41-42-46-50(58)52(60)51(59)47(43-54)61-46)49(57)45(55)39-37-35-33-31-29-16-14-12-10-8-6-4-2/h44-47,49-52,54-55,57-60H,3-43H2,1-2H3,(H,53,56)/t44-,45+,46+,47+,49-,50-,51-,52+/m0/s1. The summed E-state index contributed by atoms with van der Waals surface area (Å²) in [5.74, 6) is -0.172. The molecule has 0 aromatic carbocycles. The van der Waals surface area contributed by atoms with Gasteiger partial charge in [-0.2, -0.15) is 0 Å². The molecule has 1 amide bonds. The van der Waals surface area contributed by atoms with Crippen molar-refractivity contribution < 1.29 is 40.2 Å². The zero-order valence-corrected chi connectivity index (χ0v) is 40.1. The predicted molar refractivity (Wildman–Crippen MR) is 254 cm³/mol. The summed E-state index contributed by atoms with van der Waals surface area (Å²) in [6, 6.07) is -0.762. The zero-order valence-electron chi connectivity index (χ0n) is 40.1. The molecule has 1 heterocycles. The molecule has 1 rings (SSSR count). The smallest absolute Gasteiger partial charge is 0.220 e. The van der Waals surface area contributed by atoms with Crippen molar-refractivity contribution in [3.8, 4) is 0 Å². The normalized spacial score (nSPS) is 20.8. The topological polar surface area (TPSA) is 160 Å². The summed E-state index contributed by atoms with van der Waals surface area (Å²) in [6.07, 6.45) is 39.1. The summed E-state index contributed by atoms with van der Waals surface area (Å²) in [7, 11) is 0. The van der Waals surface area contributed by atoms with E-state index in [0.717, 1.165) is 38.5 Å². The Kier molecular flexibility index (Phi) is 39.9. The van der Waals surface area contributed by atoms with Gasteiger partial charge in [0.25, 0.3) is 0 Å². The van der Waals surface area contributed by atoms with E-state index in [0.29, 0.717) is 12.8 Å². The van der Waals surface area contributed by atoms with Gasteiger partial charge in [-0.1, -0.05) is 239 Å².